The average Bonchev–Trinajstić information content (AvgIpc) is 3.42. The molecule has 1 fully saturated rings. The van der Waals surface area contributed by atoms with E-state index in [2.05, 4.69) is 15.0 Å². The molecule has 8 heteroatoms. The first kappa shape index (κ1) is 19.0. The topological polar surface area (TPSA) is 73.1 Å². The minimum absolute atomic E-state index is 0.0417. The SMILES string of the molecule is CCc1ncnc(OC2CCN(C(=O)c3ccc(Cn4ccnc4)cc3)C2)c1F. The molecule has 0 radical (unpaired) electrons. The van der Waals surface area contributed by atoms with Gasteiger partial charge in [-0.05, 0) is 24.1 Å². The fourth-order valence-electron chi connectivity index (χ4n) is 3.41. The standard InChI is InChI=1S/C21H22FN5O2/c1-2-18-19(22)20(25-13-24-18)29-17-7-9-27(12-17)21(28)16-5-3-15(4-6-16)11-26-10-8-23-14-26/h3-6,8,10,13-14,17H,2,7,9,11-12H2,1H3. The van der Waals surface area contributed by atoms with Crippen molar-refractivity contribution in [3.05, 3.63) is 72.0 Å². The Morgan fingerprint density at radius 3 is 2.83 bits per heavy atom. The van der Waals surface area contributed by atoms with E-state index in [1.54, 1.807) is 17.4 Å². The Morgan fingerprint density at radius 2 is 2.10 bits per heavy atom. The van der Waals surface area contributed by atoms with Crippen LogP contribution in [0, 0.1) is 5.82 Å². The second-order valence-electron chi connectivity index (χ2n) is 7.00. The Balaban J connectivity index is 1.37. The van der Waals surface area contributed by atoms with E-state index in [4.69, 9.17) is 4.74 Å². The Hall–Kier alpha value is -3.29. The zero-order valence-corrected chi connectivity index (χ0v) is 16.2. The van der Waals surface area contributed by atoms with Crippen molar-refractivity contribution in [1.82, 2.24) is 24.4 Å². The summed E-state index contributed by atoms with van der Waals surface area (Å²) in [6.45, 7) is 3.50. The first-order valence-corrected chi connectivity index (χ1v) is 9.64. The predicted octanol–water partition coefficient (Wildman–Crippen LogP) is 2.72. The Bertz CT molecular complexity index is 975. The van der Waals surface area contributed by atoms with Crippen molar-refractivity contribution in [3.63, 3.8) is 0 Å². The average molecular weight is 395 g/mol. The number of aryl methyl sites for hydroxylation is 1. The van der Waals surface area contributed by atoms with Crippen LogP contribution in [0.5, 0.6) is 5.88 Å². The predicted molar refractivity (Wildman–Crippen MR) is 104 cm³/mol. The van der Waals surface area contributed by atoms with Gasteiger partial charge in [0.05, 0.1) is 18.6 Å². The van der Waals surface area contributed by atoms with Gasteiger partial charge in [-0.25, -0.2) is 9.97 Å². The highest BCUT2D eigenvalue weighted by Gasteiger charge is 2.29. The molecule has 0 N–H and O–H groups in total. The number of hydrogen-bond acceptors (Lipinski definition) is 5. The highest BCUT2D eigenvalue weighted by Crippen LogP contribution is 2.22. The quantitative estimate of drug-likeness (QED) is 0.642. The molecular weight excluding hydrogens is 373 g/mol. The second-order valence-corrected chi connectivity index (χ2v) is 7.00. The van der Waals surface area contributed by atoms with Crippen LogP contribution >= 0.6 is 0 Å². The van der Waals surface area contributed by atoms with E-state index in [0.717, 1.165) is 5.56 Å². The molecule has 1 saturated heterocycles. The van der Waals surface area contributed by atoms with Gasteiger partial charge >= 0.3 is 0 Å². The first-order valence-electron chi connectivity index (χ1n) is 9.64. The van der Waals surface area contributed by atoms with Crippen molar-refractivity contribution < 1.29 is 13.9 Å². The fraction of sp³-hybridized carbons (Fsp3) is 0.333. The summed E-state index contributed by atoms with van der Waals surface area (Å²) in [5.41, 5.74) is 2.05. The Labute approximate surface area is 168 Å². The highest BCUT2D eigenvalue weighted by molar-refractivity contribution is 5.94. The van der Waals surface area contributed by atoms with Gasteiger partial charge in [0, 0.05) is 37.5 Å². The van der Waals surface area contributed by atoms with Crippen LogP contribution in [0.25, 0.3) is 0 Å². The molecule has 4 rings (SSSR count). The minimum Gasteiger partial charge on any atom is -0.470 e. The van der Waals surface area contributed by atoms with Crippen molar-refractivity contribution in [3.8, 4) is 5.88 Å². The Kier molecular flexibility index (Phi) is 5.50. The third kappa shape index (κ3) is 4.26. The monoisotopic (exact) mass is 395 g/mol. The van der Waals surface area contributed by atoms with Crippen molar-refractivity contribution in [1.29, 1.82) is 0 Å². The number of carbonyl (C=O) groups excluding carboxylic acids is 1. The van der Waals surface area contributed by atoms with Gasteiger partial charge < -0.3 is 14.2 Å². The van der Waals surface area contributed by atoms with Gasteiger partial charge in [-0.1, -0.05) is 19.1 Å². The molecule has 1 aliphatic rings. The first-order chi connectivity index (χ1) is 14.1. The number of rotatable bonds is 6. The van der Waals surface area contributed by atoms with Crippen LogP contribution < -0.4 is 4.74 Å². The summed E-state index contributed by atoms with van der Waals surface area (Å²) in [5.74, 6) is -0.615. The van der Waals surface area contributed by atoms with Crippen LogP contribution in [0.2, 0.25) is 0 Å². The molecule has 1 atom stereocenters. The van der Waals surface area contributed by atoms with E-state index < -0.39 is 5.82 Å². The lowest BCUT2D eigenvalue weighted by Crippen LogP contribution is -2.31. The number of aromatic nitrogens is 4. The lowest BCUT2D eigenvalue weighted by Gasteiger charge is -2.17. The van der Waals surface area contributed by atoms with E-state index in [1.807, 2.05) is 42.0 Å². The van der Waals surface area contributed by atoms with E-state index in [0.29, 0.717) is 43.7 Å². The minimum atomic E-state index is -0.520. The zero-order valence-electron chi connectivity index (χ0n) is 16.2. The van der Waals surface area contributed by atoms with Crippen LogP contribution in [-0.4, -0.2) is 49.5 Å². The molecule has 1 unspecified atom stereocenters. The van der Waals surface area contributed by atoms with Gasteiger partial charge in [-0.2, -0.15) is 9.37 Å². The maximum atomic E-state index is 14.3. The number of imidazole rings is 1. The number of amides is 1. The number of nitrogens with zero attached hydrogens (tertiary/aromatic N) is 5. The molecule has 7 nitrogen and oxygen atoms in total. The fourth-order valence-corrected chi connectivity index (χ4v) is 3.41. The van der Waals surface area contributed by atoms with Crippen molar-refractivity contribution in [2.24, 2.45) is 0 Å². The maximum absolute atomic E-state index is 14.3. The van der Waals surface area contributed by atoms with Gasteiger partial charge in [0.2, 0.25) is 5.82 Å². The lowest BCUT2D eigenvalue weighted by molar-refractivity contribution is 0.0770. The van der Waals surface area contributed by atoms with Crippen molar-refractivity contribution >= 4 is 5.91 Å². The van der Waals surface area contributed by atoms with E-state index in [1.165, 1.54) is 6.33 Å². The molecule has 0 aliphatic carbocycles. The molecule has 2 aromatic heterocycles. The molecule has 0 bridgehead atoms. The maximum Gasteiger partial charge on any atom is 0.254 e. The number of likely N-dealkylation sites (tertiary alicyclic amines) is 1. The number of benzene rings is 1. The van der Waals surface area contributed by atoms with Crippen LogP contribution in [0.15, 0.2) is 49.3 Å². The number of hydrogen-bond donors (Lipinski definition) is 0. The van der Waals surface area contributed by atoms with Crippen molar-refractivity contribution in [2.45, 2.75) is 32.4 Å². The number of ether oxygens (including phenoxy) is 1. The van der Waals surface area contributed by atoms with E-state index in [-0.39, 0.29) is 17.9 Å². The van der Waals surface area contributed by atoms with E-state index >= 15 is 0 Å². The zero-order chi connectivity index (χ0) is 20.2. The molecule has 3 aromatic rings. The molecule has 150 valence electrons. The van der Waals surface area contributed by atoms with Crippen LogP contribution in [0.1, 0.15) is 35.0 Å². The van der Waals surface area contributed by atoms with Gasteiger partial charge in [-0.3, -0.25) is 4.79 Å². The largest absolute Gasteiger partial charge is 0.470 e. The lowest BCUT2D eigenvalue weighted by atomic mass is 10.1. The normalized spacial score (nSPS) is 16.2. The molecule has 1 aromatic carbocycles. The summed E-state index contributed by atoms with van der Waals surface area (Å²) in [7, 11) is 0. The molecule has 1 aliphatic heterocycles. The smallest absolute Gasteiger partial charge is 0.254 e. The molecule has 29 heavy (non-hydrogen) atoms. The molecule has 0 spiro atoms. The summed E-state index contributed by atoms with van der Waals surface area (Å²) >= 11 is 0. The van der Waals surface area contributed by atoms with E-state index in [9.17, 15) is 9.18 Å². The van der Waals surface area contributed by atoms with Crippen LogP contribution in [-0.2, 0) is 13.0 Å². The molecule has 1 amide bonds. The van der Waals surface area contributed by atoms with Gasteiger partial charge in [-0.15, -0.1) is 0 Å². The van der Waals surface area contributed by atoms with Crippen LogP contribution in [0.3, 0.4) is 0 Å². The Morgan fingerprint density at radius 1 is 1.28 bits per heavy atom. The summed E-state index contributed by atoms with van der Waals surface area (Å²) in [5, 5.41) is 0. The van der Waals surface area contributed by atoms with Gasteiger partial charge in [0.1, 0.15) is 12.4 Å². The van der Waals surface area contributed by atoms with Gasteiger partial charge in [0.25, 0.3) is 11.8 Å². The van der Waals surface area contributed by atoms with Crippen LogP contribution in [0.4, 0.5) is 4.39 Å². The number of halogens is 1. The van der Waals surface area contributed by atoms with Gasteiger partial charge in [0.15, 0.2) is 0 Å². The third-order valence-electron chi connectivity index (χ3n) is 5.00. The molecular formula is C21H22FN5O2. The summed E-state index contributed by atoms with van der Waals surface area (Å²) < 4.78 is 22.0. The summed E-state index contributed by atoms with van der Waals surface area (Å²) in [4.78, 5) is 26.4. The van der Waals surface area contributed by atoms with Crippen molar-refractivity contribution in [2.75, 3.05) is 13.1 Å². The number of carbonyl (C=O) groups is 1. The highest BCUT2D eigenvalue weighted by atomic mass is 19.1. The summed E-state index contributed by atoms with van der Waals surface area (Å²) in [6, 6.07) is 7.56. The molecule has 0 saturated carbocycles. The third-order valence-corrected chi connectivity index (χ3v) is 5.00. The molecule has 3 heterocycles. The second kappa shape index (κ2) is 8.38. The summed E-state index contributed by atoms with van der Waals surface area (Å²) in [6.07, 6.45) is 7.52.